The predicted molar refractivity (Wildman–Crippen MR) is 108 cm³/mol. The summed E-state index contributed by atoms with van der Waals surface area (Å²) in [5.41, 5.74) is 0.536. The maximum absolute atomic E-state index is 13.1. The van der Waals surface area contributed by atoms with Crippen molar-refractivity contribution in [3.05, 3.63) is 32.9 Å². The quantitative estimate of drug-likeness (QED) is 0.803. The molecule has 0 saturated carbocycles. The van der Waals surface area contributed by atoms with E-state index < -0.39 is 0 Å². The van der Waals surface area contributed by atoms with E-state index in [1.807, 2.05) is 17.6 Å². The molecular formula is C19H28BrN5O. The average molecular weight is 422 g/mol. The number of piperazine rings is 1. The van der Waals surface area contributed by atoms with Crippen molar-refractivity contribution >= 4 is 27.0 Å². The van der Waals surface area contributed by atoms with E-state index >= 15 is 0 Å². The van der Waals surface area contributed by atoms with Gasteiger partial charge in [0.15, 0.2) is 5.65 Å². The van der Waals surface area contributed by atoms with E-state index in [1.54, 1.807) is 6.20 Å². The molecule has 0 bridgehead atoms. The first-order valence-corrected chi connectivity index (χ1v) is 10.3. The van der Waals surface area contributed by atoms with Crippen LogP contribution in [0.3, 0.4) is 0 Å². The normalized spacial score (nSPS) is 22.7. The molecule has 142 valence electrons. The fourth-order valence-electron chi connectivity index (χ4n) is 4.03. The third kappa shape index (κ3) is 3.85. The molecule has 3 rings (SSSR count). The zero-order valence-electron chi connectivity index (χ0n) is 16.0. The van der Waals surface area contributed by atoms with Gasteiger partial charge < -0.3 is 5.32 Å². The summed E-state index contributed by atoms with van der Waals surface area (Å²) in [6, 6.07) is 2.80. The Morgan fingerprint density at radius 3 is 2.62 bits per heavy atom. The summed E-state index contributed by atoms with van der Waals surface area (Å²) in [5, 5.41) is 4.16. The van der Waals surface area contributed by atoms with E-state index in [-0.39, 0.29) is 11.6 Å². The van der Waals surface area contributed by atoms with Gasteiger partial charge in [0, 0.05) is 42.4 Å². The maximum Gasteiger partial charge on any atom is 0.263 e. The van der Waals surface area contributed by atoms with Crippen LogP contribution in [-0.4, -0.2) is 44.6 Å². The lowest BCUT2D eigenvalue weighted by molar-refractivity contribution is 0.109. The highest BCUT2D eigenvalue weighted by atomic mass is 79.9. The minimum Gasteiger partial charge on any atom is -0.309 e. The molecule has 26 heavy (non-hydrogen) atoms. The van der Waals surface area contributed by atoms with Crippen molar-refractivity contribution in [3.63, 3.8) is 0 Å². The van der Waals surface area contributed by atoms with Crippen LogP contribution in [0.5, 0.6) is 0 Å². The maximum atomic E-state index is 13.1. The molecule has 3 atom stereocenters. The van der Waals surface area contributed by atoms with Gasteiger partial charge in [0.05, 0.1) is 11.4 Å². The van der Waals surface area contributed by atoms with Crippen molar-refractivity contribution < 1.29 is 0 Å². The van der Waals surface area contributed by atoms with E-state index in [0.29, 0.717) is 29.7 Å². The Bertz CT molecular complexity index is 827. The molecule has 1 N–H and O–H groups in total. The average Bonchev–Trinajstić information content (AvgIpc) is 2.59. The van der Waals surface area contributed by atoms with Crippen LogP contribution in [0.25, 0.3) is 11.0 Å². The van der Waals surface area contributed by atoms with Gasteiger partial charge in [-0.05, 0) is 49.2 Å². The molecule has 7 heteroatoms. The van der Waals surface area contributed by atoms with Crippen LogP contribution in [0.2, 0.25) is 0 Å². The second kappa shape index (κ2) is 8.15. The molecule has 0 spiro atoms. The molecule has 2 aromatic rings. The Morgan fingerprint density at radius 1 is 1.31 bits per heavy atom. The molecule has 1 aliphatic heterocycles. The Labute approximate surface area is 163 Å². The highest BCUT2D eigenvalue weighted by molar-refractivity contribution is 9.10. The molecule has 6 nitrogen and oxygen atoms in total. The molecule has 1 fully saturated rings. The van der Waals surface area contributed by atoms with Crippen LogP contribution in [0, 0.1) is 0 Å². The predicted octanol–water partition coefficient (Wildman–Crippen LogP) is 3.10. The molecule has 3 heterocycles. The zero-order chi connectivity index (χ0) is 18.8. The minimum atomic E-state index is -0.00126. The number of hydrogen-bond acceptors (Lipinski definition) is 5. The second-order valence-electron chi connectivity index (χ2n) is 7.27. The molecule has 0 aliphatic carbocycles. The molecule has 1 aliphatic rings. The molecular weight excluding hydrogens is 394 g/mol. The van der Waals surface area contributed by atoms with Gasteiger partial charge in [-0.15, -0.1) is 0 Å². The highest BCUT2D eigenvalue weighted by Crippen LogP contribution is 2.27. The Morgan fingerprint density at radius 2 is 2.00 bits per heavy atom. The van der Waals surface area contributed by atoms with E-state index in [9.17, 15) is 4.79 Å². The third-order valence-electron chi connectivity index (χ3n) is 5.01. The van der Waals surface area contributed by atoms with Gasteiger partial charge in [0.1, 0.15) is 5.82 Å². The monoisotopic (exact) mass is 421 g/mol. The lowest BCUT2D eigenvalue weighted by Crippen LogP contribution is -2.55. The number of fused-ring (bicyclic) bond motifs is 1. The van der Waals surface area contributed by atoms with Gasteiger partial charge in [-0.3, -0.25) is 14.3 Å². The number of aromatic nitrogens is 3. The molecule has 2 aromatic heterocycles. The van der Waals surface area contributed by atoms with Crippen LogP contribution >= 0.6 is 15.9 Å². The van der Waals surface area contributed by atoms with Crippen molar-refractivity contribution in [1.29, 1.82) is 0 Å². The van der Waals surface area contributed by atoms with Crippen molar-refractivity contribution in [2.24, 2.45) is 0 Å². The van der Waals surface area contributed by atoms with E-state index in [2.05, 4.69) is 51.9 Å². The molecule has 0 amide bonds. The smallest absolute Gasteiger partial charge is 0.263 e. The van der Waals surface area contributed by atoms with Crippen molar-refractivity contribution in [2.75, 3.05) is 13.1 Å². The first kappa shape index (κ1) is 19.5. The Kier molecular flexibility index (Phi) is 6.10. The van der Waals surface area contributed by atoms with Gasteiger partial charge >= 0.3 is 0 Å². The van der Waals surface area contributed by atoms with Gasteiger partial charge in [-0.1, -0.05) is 13.3 Å². The zero-order valence-corrected chi connectivity index (χ0v) is 17.6. The van der Waals surface area contributed by atoms with E-state index in [1.165, 1.54) is 0 Å². The number of halogens is 1. The summed E-state index contributed by atoms with van der Waals surface area (Å²) in [6.07, 6.45) is 3.73. The van der Waals surface area contributed by atoms with Crippen molar-refractivity contribution in [1.82, 2.24) is 24.8 Å². The standard InChI is InChI=1S/C19H28BrN5O/c1-5-7-16(24-10-12(3)22-13(4)11-24)18-23-17-15(8-14(20)9-21-17)19(26)25(18)6-2/h8-9,12-13,16,22H,5-7,10-11H2,1-4H3/t12-,13+,16?. The molecule has 1 unspecified atom stereocenters. The summed E-state index contributed by atoms with van der Waals surface area (Å²) in [6.45, 7) is 11.2. The number of nitrogens with one attached hydrogen (secondary N) is 1. The SMILES string of the molecule is CCCC(c1nc2ncc(Br)cc2c(=O)n1CC)N1C[C@@H](C)N[C@@H](C)C1. The summed E-state index contributed by atoms with van der Waals surface area (Å²) >= 11 is 3.41. The summed E-state index contributed by atoms with van der Waals surface area (Å²) in [7, 11) is 0. The second-order valence-corrected chi connectivity index (χ2v) is 8.19. The van der Waals surface area contributed by atoms with Crippen LogP contribution in [0.4, 0.5) is 0 Å². The number of nitrogens with zero attached hydrogens (tertiary/aromatic N) is 4. The van der Waals surface area contributed by atoms with Crippen molar-refractivity contribution in [2.45, 2.75) is 65.2 Å². The largest absolute Gasteiger partial charge is 0.309 e. The van der Waals surface area contributed by atoms with Crippen LogP contribution in [-0.2, 0) is 6.54 Å². The highest BCUT2D eigenvalue weighted by Gasteiger charge is 2.30. The first-order valence-electron chi connectivity index (χ1n) is 9.50. The lowest BCUT2D eigenvalue weighted by Gasteiger charge is -2.41. The summed E-state index contributed by atoms with van der Waals surface area (Å²) in [5.74, 6) is 0.850. The fraction of sp³-hybridized carbons (Fsp3) is 0.632. The van der Waals surface area contributed by atoms with Crippen molar-refractivity contribution in [3.8, 4) is 0 Å². The van der Waals surface area contributed by atoms with Gasteiger partial charge in [0.25, 0.3) is 5.56 Å². The Balaban J connectivity index is 2.13. The number of hydrogen-bond donors (Lipinski definition) is 1. The van der Waals surface area contributed by atoms with Gasteiger partial charge in [-0.2, -0.15) is 0 Å². The number of rotatable bonds is 5. The molecule has 1 saturated heterocycles. The van der Waals surface area contributed by atoms with Gasteiger partial charge in [0.2, 0.25) is 0 Å². The first-order chi connectivity index (χ1) is 12.4. The fourth-order valence-corrected chi connectivity index (χ4v) is 4.36. The van der Waals surface area contributed by atoms with E-state index in [4.69, 9.17) is 4.98 Å². The number of pyridine rings is 1. The van der Waals surface area contributed by atoms with Crippen LogP contribution in [0.1, 0.15) is 52.4 Å². The third-order valence-corrected chi connectivity index (χ3v) is 5.44. The minimum absolute atomic E-state index is 0.00126. The molecule has 0 radical (unpaired) electrons. The lowest BCUT2D eigenvalue weighted by atomic mass is 10.0. The van der Waals surface area contributed by atoms with E-state index in [0.717, 1.165) is 36.2 Å². The van der Waals surface area contributed by atoms with Gasteiger partial charge in [-0.25, -0.2) is 9.97 Å². The Hall–Kier alpha value is -1.31. The molecule has 0 aromatic carbocycles. The summed E-state index contributed by atoms with van der Waals surface area (Å²) in [4.78, 5) is 24.8. The van der Waals surface area contributed by atoms with Crippen LogP contribution < -0.4 is 10.9 Å². The van der Waals surface area contributed by atoms with Crippen LogP contribution in [0.15, 0.2) is 21.5 Å². The topological polar surface area (TPSA) is 63.1 Å². The summed E-state index contributed by atoms with van der Waals surface area (Å²) < 4.78 is 2.63.